The van der Waals surface area contributed by atoms with E-state index in [1.807, 2.05) is 37.3 Å². The molecule has 0 radical (unpaired) electrons. The van der Waals surface area contributed by atoms with Gasteiger partial charge in [0.05, 0.1) is 6.04 Å². The molecule has 0 bridgehead atoms. The van der Waals surface area contributed by atoms with E-state index >= 15 is 0 Å². The molecule has 3 nitrogen and oxygen atoms in total. The molecule has 24 heavy (non-hydrogen) atoms. The summed E-state index contributed by atoms with van der Waals surface area (Å²) in [5.41, 5.74) is 1.38. The average Bonchev–Trinajstić information content (AvgIpc) is 3.03. The number of benzene rings is 2. The number of aryl methyl sites for hydroxylation is 1. The Morgan fingerprint density at radius 2 is 1.88 bits per heavy atom. The van der Waals surface area contributed by atoms with E-state index in [1.54, 1.807) is 30.1 Å². The second-order valence-corrected chi connectivity index (χ2v) is 5.96. The first-order chi connectivity index (χ1) is 11.6. The first-order valence-electron chi connectivity index (χ1n) is 8.04. The van der Waals surface area contributed by atoms with Crippen LogP contribution in [0.25, 0.3) is 11.0 Å². The molecule has 1 unspecified atom stereocenters. The molecule has 0 saturated heterocycles. The summed E-state index contributed by atoms with van der Waals surface area (Å²) in [7, 11) is 1.75. The number of nitrogens with zero attached hydrogens (tertiary/aromatic N) is 1. The first-order valence-corrected chi connectivity index (χ1v) is 8.04. The van der Waals surface area contributed by atoms with Crippen molar-refractivity contribution >= 4 is 16.9 Å². The molecule has 0 aliphatic carbocycles. The molecule has 0 fully saturated rings. The molecule has 124 valence electrons. The zero-order chi connectivity index (χ0) is 17.1. The fourth-order valence-corrected chi connectivity index (χ4v) is 2.73. The minimum Gasteiger partial charge on any atom is -0.459 e. The molecule has 1 atom stereocenters. The Bertz CT molecular complexity index is 822. The van der Waals surface area contributed by atoms with Gasteiger partial charge in [-0.15, -0.1) is 0 Å². The number of furan rings is 1. The van der Waals surface area contributed by atoms with Crippen molar-refractivity contribution in [1.29, 1.82) is 0 Å². The van der Waals surface area contributed by atoms with Crippen molar-refractivity contribution in [3.63, 3.8) is 0 Å². The molecule has 1 amide bonds. The van der Waals surface area contributed by atoms with Gasteiger partial charge in [0, 0.05) is 18.9 Å². The largest absolute Gasteiger partial charge is 0.459 e. The van der Waals surface area contributed by atoms with Crippen LogP contribution < -0.4 is 0 Å². The average molecular weight is 325 g/mol. The molecule has 3 rings (SSSR count). The van der Waals surface area contributed by atoms with Crippen LogP contribution in [0.3, 0.4) is 0 Å². The number of rotatable bonds is 5. The van der Waals surface area contributed by atoms with Gasteiger partial charge in [-0.2, -0.15) is 0 Å². The lowest BCUT2D eigenvalue weighted by molar-refractivity contribution is -0.132. The van der Waals surface area contributed by atoms with E-state index in [0.717, 1.165) is 16.7 Å². The van der Waals surface area contributed by atoms with Crippen molar-refractivity contribution in [2.24, 2.45) is 0 Å². The SMILES string of the molecule is CC(c1cc2ccccc2o1)N(C)C(=O)CCc1ccccc1F. The number of amides is 1. The summed E-state index contributed by atoms with van der Waals surface area (Å²) in [6.45, 7) is 1.93. The zero-order valence-electron chi connectivity index (χ0n) is 13.8. The minimum absolute atomic E-state index is 0.0359. The molecule has 4 heteroatoms. The van der Waals surface area contributed by atoms with Gasteiger partial charge in [-0.1, -0.05) is 36.4 Å². The van der Waals surface area contributed by atoms with E-state index in [1.165, 1.54) is 6.07 Å². The number of carbonyl (C=O) groups is 1. The van der Waals surface area contributed by atoms with Crippen LogP contribution in [0.4, 0.5) is 4.39 Å². The van der Waals surface area contributed by atoms with E-state index in [4.69, 9.17) is 4.42 Å². The molecule has 0 N–H and O–H groups in total. The van der Waals surface area contributed by atoms with Crippen LogP contribution in [0.15, 0.2) is 59.0 Å². The molecule has 0 spiro atoms. The van der Waals surface area contributed by atoms with Gasteiger partial charge >= 0.3 is 0 Å². The van der Waals surface area contributed by atoms with Gasteiger partial charge in [-0.05, 0) is 37.1 Å². The highest BCUT2D eigenvalue weighted by Crippen LogP contribution is 2.27. The highest BCUT2D eigenvalue weighted by molar-refractivity contribution is 5.79. The van der Waals surface area contributed by atoms with E-state index in [0.29, 0.717) is 12.0 Å². The summed E-state index contributed by atoms with van der Waals surface area (Å²) in [5.74, 6) is 0.447. The predicted octanol–water partition coefficient (Wildman–Crippen LogP) is 4.72. The van der Waals surface area contributed by atoms with Gasteiger partial charge in [0.2, 0.25) is 5.91 Å². The first kappa shape index (κ1) is 16.2. The standard InChI is InChI=1S/C20H20FNO2/c1-14(19-13-16-8-4-6-10-18(16)24-19)22(2)20(23)12-11-15-7-3-5-9-17(15)21/h3-10,13-14H,11-12H2,1-2H3. The van der Waals surface area contributed by atoms with Crippen LogP contribution in [0, 0.1) is 5.82 Å². The van der Waals surface area contributed by atoms with Gasteiger partial charge in [0.1, 0.15) is 17.2 Å². The third kappa shape index (κ3) is 3.32. The summed E-state index contributed by atoms with van der Waals surface area (Å²) in [6.07, 6.45) is 0.657. The maximum atomic E-state index is 13.6. The van der Waals surface area contributed by atoms with Gasteiger partial charge in [0.25, 0.3) is 0 Å². The van der Waals surface area contributed by atoms with Crippen molar-refractivity contribution < 1.29 is 13.6 Å². The molecule has 0 saturated carbocycles. The van der Waals surface area contributed by atoms with Gasteiger partial charge in [-0.25, -0.2) is 4.39 Å². The second-order valence-electron chi connectivity index (χ2n) is 5.96. The van der Waals surface area contributed by atoms with Crippen molar-refractivity contribution in [1.82, 2.24) is 4.90 Å². The van der Waals surface area contributed by atoms with Crippen LogP contribution in [0.1, 0.15) is 30.7 Å². The number of hydrogen-bond acceptors (Lipinski definition) is 2. The third-order valence-electron chi connectivity index (χ3n) is 4.40. The predicted molar refractivity (Wildman–Crippen MR) is 92.1 cm³/mol. The lowest BCUT2D eigenvalue weighted by Crippen LogP contribution is -2.29. The zero-order valence-corrected chi connectivity index (χ0v) is 13.8. The van der Waals surface area contributed by atoms with Crippen LogP contribution in [-0.4, -0.2) is 17.9 Å². The Morgan fingerprint density at radius 1 is 1.17 bits per heavy atom. The highest BCUT2D eigenvalue weighted by Gasteiger charge is 2.20. The Kier molecular flexibility index (Phi) is 4.65. The third-order valence-corrected chi connectivity index (χ3v) is 4.40. The van der Waals surface area contributed by atoms with Crippen molar-refractivity contribution in [2.45, 2.75) is 25.8 Å². The van der Waals surface area contributed by atoms with Crippen LogP contribution in [0.5, 0.6) is 0 Å². The van der Waals surface area contributed by atoms with Crippen LogP contribution in [0.2, 0.25) is 0 Å². The molecular formula is C20H20FNO2. The number of para-hydroxylation sites is 1. The van der Waals surface area contributed by atoms with Crippen molar-refractivity contribution in [2.75, 3.05) is 7.05 Å². The topological polar surface area (TPSA) is 33.5 Å². The number of fused-ring (bicyclic) bond motifs is 1. The molecule has 1 heterocycles. The normalized spacial score (nSPS) is 12.3. The molecule has 2 aromatic carbocycles. The van der Waals surface area contributed by atoms with E-state index in [-0.39, 0.29) is 24.2 Å². The Hall–Kier alpha value is -2.62. The van der Waals surface area contributed by atoms with Crippen molar-refractivity contribution in [3.8, 4) is 0 Å². The lowest BCUT2D eigenvalue weighted by Gasteiger charge is -2.23. The number of hydrogen-bond donors (Lipinski definition) is 0. The second kappa shape index (κ2) is 6.87. The fraction of sp³-hybridized carbons (Fsp3) is 0.250. The Balaban J connectivity index is 1.67. The summed E-state index contributed by atoms with van der Waals surface area (Å²) < 4.78 is 19.5. The monoisotopic (exact) mass is 325 g/mol. The number of halogens is 1. The summed E-state index contributed by atoms with van der Waals surface area (Å²) >= 11 is 0. The van der Waals surface area contributed by atoms with Gasteiger partial charge in [0.15, 0.2) is 0 Å². The molecule has 0 aliphatic heterocycles. The molecule has 3 aromatic rings. The number of carbonyl (C=O) groups excluding carboxylic acids is 1. The minimum atomic E-state index is -0.265. The Morgan fingerprint density at radius 3 is 2.62 bits per heavy atom. The quantitative estimate of drug-likeness (QED) is 0.680. The van der Waals surface area contributed by atoms with Crippen molar-refractivity contribution in [3.05, 3.63) is 71.7 Å². The maximum Gasteiger partial charge on any atom is 0.223 e. The molecule has 0 aliphatic rings. The van der Waals surface area contributed by atoms with Crippen LogP contribution in [-0.2, 0) is 11.2 Å². The van der Waals surface area contributed by atoms with E-state index in [9.17, 15) is 9.18 Å². The summed E-state index contributed by atoms with van der Waals surface area (Å²) in [5, 5.41) is 1.02. The van der Waals surface area contributed by atoms with Crippen LogP contribution >= 0.6 is 0 Å². The lowest BCUT2D eigenvalue weighted by atomic mass is 10.1. The van der Waals surface area contributed by atoms with E-state index in [2.05, 4.69) is 0 Å². The molecule has 1 aromatic heterocycles. The highest BCUT2D eigenvalue weighted by atomic mass is 19.1. The van der Waals surface area contributed by atoms with Gasteiger partial charge in [-0.3, -0.25) is 4.79 Å². The smallest absolute Gasteiger partial charge is 0.223 e. The maximum absolute atomic E-state index is 13.6. The Labute approximate surface area is 140 Å². The molecular weight excluding hydrogens is 305 g/mol. The summed E-state index contributed by atoms with van der Waals surface area (Å²) in [4.78, 5) is 14.1. The summed E-state index contributed by atoms with van der Waals surface area (Å²) in [6, 6.07) is 16.1. The van der Waals surface area contributed by atoms with E-state index < -0.39 is 0 Å². The van der Waals surface area contributed by atoms with Gasteiger partial charge < -0.3 is 9.32 Å². The fourth-order valence-electron chi connectivity index (χ4n) is 2.73.